The standard InChI is InChI=1S/C22H33N5O4S2/c1-15-17(3)27(19-8-6-5-7-9-19)22(23-15)32-14-20(28)25-10-12-26(13-11-25)33(29,30)21-16(2)24-31-18(21)4/h19H,5-14H2,1-4H3. The number of sulfonamides is 1. The zero-order chi connectivity index (χ0) is 23.8. The number of carbonyl (C=O) groups is 1. The minimum Gasteiger partial charge on any atom is -0.360 e. The van der Waals surface area contributed by atoms with Gasteiger partial charge in [-0.15, -0.1) is 0 Å². The van der Waals surface area contributed by atoms with Crippen molar-refractivity contribution in [2.45, 2.75) is 75.9 Å². The van der Waals surface area contributed by atoms with E-state index in [4.69, 9.17) is 9.51 Å². The van der Waals surface area contributed by atoms with E-state index in [0.717, 1.165) is 10.9 Å². The third-order valence-electron chi connectivity index (χ3n) is 6.78. The van der Waals surface area contributed by atoms with Crippen LogP contribution in [0.25, 0.3) is 0 Å². The summed E-state index contributed by atoms with van der Waals surface area (Å²) < 4.78 is 34.8. The highest BCUT2D eigenvalue weighted by Crippen LogP contribution is 2.34. The van der Waals surface area contributed by atoms with Crippen LogP contribution in [0.3, 0.4) is 0 Å². The zero-order valence-corrected chi connectivity index (χ0v) is 21.5. The highest BCUT2D eigenvalue weighted by atomic mass is 32.2. The molecule has 1 saturated heterocycles. The molecule has 182 valence electrons. The number of nitrogens with zero attached hydrogens (tertiary/aromatic N) is 5. The van der Waals surface area contributed by atoms with Gasteiger partial charge < -0.3 is 14.0 Å². The molecule has 9 nitrogen and oxygen atoms in total. The highest BCUT2D eigenvalue weighted by Gasteiger charge is 2.34. The normalized spacial score (nSPS) is 18.7. The molecule has 0 unspecified atom stereocenters. The van der Waals surface area contributed by atoms with Crippen molar-refractivity contribution in [3.63, 3.8) is 0 Å². The van der Waals surface area contributed by atoms with Crippen molar-refractivity contribution in [2.24, 2.45) is 0 Å². The number of aryl methyl sites for hydroxylation is 3. The second-order valence-electron chi connectivity index (χ2n) is 8.95. The second kappa shape index (κ2) is 9.79. The van der Waals surface area contributed by atoms with Crippen molar-refractivity contribution in [2.75, 3.05) is 31.9 Å². The van der Waals surface area contributed by atoms with Gasteiger partial charge in [-0.2, -0.15) is 4.31 Å². The third kappa shape index (κ3) is 4.85. The Morgan fingerprint density at radius 3 is 2.30 bits per heavy atom. The van der Waals surface area contributed by atoms with Gasteiger partial charge in [0, 0.05) is 37.9 Å². The molecule has 2 aromatic heterocycles. The Balaban J connectivity index is 1.36. The molecule has 1 aliphatic carbocycles. The molecule has 3 heterocycles. The first-order chi connectivity index (χ1) is 15.7. The molecule has 2 fully saturated rings. The lowest BCUT2D eigenvalue weighted by atomic mass is 9.95. The van der Waals surface area contributed by atoms with Crippen molar-refractivity contribution in [1.82, 2.24) is 23.9 Å². The van der Waals surface area contributed by atoms with Gasteiger partial charge in [0.15, 0.2) is 10.9 Å². The first kappa shape index (κ1) is 24.3. The molecule has 0 bridgehead atoms. The highest BCUT2D eigenvalue weighted by molar-refractivity contribution is 7.99. The average molecular weight is 496 g/mol. The van der Waals surface area contributed by atoms with Gasteiger partial charge in [0.1, 0.15) is 10.6 Å². The number of hydrogen-bond donors (Lipinski definition) is 0. The van der Waals surface area contributed by atoms with Crippen LogP contribution >= 0.6 is 11.8 Å². The summed E-state index contributed by atoms with van der Waals surface area (Å²) >= 11 is 1.49. The van der Waals surface area contributed by atoms with E-state index in [0.29, 0.717) is 36.3 Å². The molecule has 0 aromatic carbocycles. The Morgan fingerprint density at radius 1 is 1.03 bits per heavy atom. The topological polar surface area (TPSA) is 102 Å². The molecule has 2 aromatic rings. The van der Waals surface area contributed by atoms with Crippen LogP contribution in [0.2, 0.25) is 0 Å². The number of piperazine rings is 1. The maximum absolute atomic E-state index is 13.0. The van der Waals surface area contributed by atoms with E-state index >= 15 is 0 Å². The van der Waals surface area contributed by atoms with Crippen LogP contribution < -0.4 is 0 Å². The number of aromatic nitrogens is 3. The quantitative estimate of drug-likeness (QED) is 0.567. The van der Waals surface area contributed by atoms with E-state index in [1.54, 1.807) is 18.7 Å². The monoisotopic (exact) mass is 495 g/mol. The van der Waals surface area contributed by atoms with E-state index in [9.17, 15) is 13.2 Å². The van der Waals surface area contributed by atoms with E-state index < -0.39 is 10.0 Å². The maximum atomic E-state index is 13.0. The van der Waals surface area contributed by atoms with Crippen molar-refractivity contribution < 1.29 is 17.7 Å². The molecule has 1 aliphatic heterocycles. The molecule has 1 amide bonds. The van der Waals surface area contributed by atoms with Gasteiger partial charge in [-0.25, -0.2) is 13.4 Å². The van der Waals surface area contributed by atoms with Gasteiger partial charge in [0.05, 0.1) is 11.4 Å². The molecule has 4 rings (SSSR count). The van der Waals surface area contributed by atoms with Crippen LogP contribution in [0.15, 0.2) is 14.6 Å². The predicted molar refractivity (Wildman–Crippen MR) is 126 cm³/mol. The number of hydrogen-bond acceptors (Lipinski definition) is 7. The number of thioether (sulfide) groups is 1. The molecule has 0 N–H and O–H groups in total. The lowest BCUT2D eigenvalue weighted by Gasteiger charge is -2.34. The number of carbonyl (C=O) groups excluding carboxylic acids is 1. The average Bonchev–Trinajstić information content (AvgIpc) is 3.30. The van der Waals surface area contributed by atoms with E-state index in [1.165, 1.54) is 53.9 Å². The second-order valence-corrected chi connectivity index (χ2v) is 11.8. The van der Waals surface area contributed by atoms with E-state index in [-0.39, 0.29) is 23.9 Å². The van der Waals surface area contributed by atoms with Crippen LogP contribution in [-0.2, 0) is 14.8 Å². The van der Waals surface area contributed by atoms with Crippen LogP contribution in [0.5, 0.6) is 0 Å². The minimum absolute atomic E-state index is 0.0166. The largest absolute Gasteiger partial charge is 0.360 e. The first-order valence-electron chi connectivity index (χ1n) is 11.6. The summed E-state index contributed by atoms with van der Waals surface area (Å²) in [5.41, 5.74) is 2.57. The number of imidazole rings is 1. The van der Waals surface area contributed by atoms with Crippen molar-refractivity contribution >= 4 is 27.7 Å². The Kier molecular flexibility index (Phi) is 7.20. The minimum atomic E-state index is -3.68. The predicted octanol–water partition coefficient (Wildman–Crippen LogP) is 3.24. The lowest BCUT2D eigenvalue weighted by Crippen LogP contribution is -2.51. The van der Waals surface area contributed by atoms with E-state index in [1.807, 2.05) is 6.92 Å². The molecular formula is C22H33N5O4S2. The smallest absolute Gasteiger partial charge is 0.248 e. The zero-order valence-electron chi connectivity index (χ0n) is 19.8. The third-order valence-corrected chi connectivity index (χ3v) is 9.86. The fourth-order valence-electron chi connectivity index (χ4n) is 4.83. The van der Waals surface area contributed by atoms with Gasteiger partial charge in [-0.1, -0.05) is 36.2 Å². The van der Waals surface area contributed by atoms with Gasteiger partial charge >= 0.3 is 0 Å². The Labute approximate surface area is 199 Å². The summed E-state index contributed by atoms with van der Waals surface area (Å²) in [7, 11) is -3.68. The summed E-state index contributed by atoms with van der Waals surface area (Å²) in [6, 6.07) is 0.468. The SMILES string of the molecule is Cc1noc(C)c1S(=O)(=O)N1CCN(C(=O)CSc2nc(C)c(C)n2C2CCCCC2)CC1. The van der Waals surface area contributed by atoms with Crippen LogP contribution in [0, 0.1) is 27.7 Å². The summed E-state index contributed by atoms with van der Waals surface area (Å²) in [5, 5.41) is 4.69. The maximum Gasteiger partial charge on any atom is 0.248 e. The van der Waals surface area contributed by atoms with Gasteiger partial charge in [0.25, 0.3) is 0 Å². The summed E-state index contributed by atoms with van der Waals surface area (Å²) in [5.74, 6) is 0.614. The Morgan fingerprint density at radius 2 is 1.70 bits per heavy atom. The number of amides is 1. The van der Waals surface area contributed by atoms with Crippen molar-refractivity contribution in [1.29, 1.82) is 0 Å². The first-order valence-corrected chi connectivity index (χ1v) is 14.0. The van der Waals surface area contributed by atoms with Crippen LogP contribution in [0.4, 0.5) is 0 Å². The molecular weight excluding hydrogens is 462 g/mol. The molecule has 2 aliphatic rings. The van der Waals surface area contributed by atoms with Crippen molar-refractivity contribution in [3.8, 4) is 0 Å². The Bertz CT molecular complexity index is 1090. The molecule has 0 spiro atoms. The van der Waals surface area contributed by atoms with Gasteiger partial charge in [-0.3, -0.25) is 4.79 Å². The Hall–Kier alpha value is -1.85. The summed E-state index contributed by atoms with van der Waals surface area (Å²) in [4.78, 5) is 19.6. The molecule has 0 radical (unpaired) electrons. The fourth-order valence-corrected chi connectivity index (χ4v) is 7.61. The van der Waals surface area contributed by atoms with Gasteiger partial charge in [-0.05, 0) is 40.5 Å². The van der Waals surface area contributed by atoms with Crippen LogP contribution in [-0.4, -0.2) is 70.2 Å². The van der Waals surface area contributed by atoms with Crippen molar-refractivity contribution in [3.05, 3.63) is 22.8 Å². The number of rotatable bonds is 6. The molecule has 33 heavy (non-hydrogen) atoms. The van der Waals surface area contributed by atoms with Gasteiger partial charge in [0.2, 0.25) is 15.9 Å². The fraction of sp³-hybridized carbons (Fsp3) is 0.682. The summed E-state index contributed by atoms with van der Waals surface area (Å²) in [6.07, 6.45) is 6.11. The molecule has 0 atom stereocenters. The van der Waals surface area contributed by atoms with E-state index in [2.05, 4.69) is 16.6 Å². The van der Waals surface area contributed by atoms with Crippen LogP contribution in [0.1, 0.15) is 61.0 Å². The lowest BCUT2D eigenvalue weighted by molar-refractivity contribution is -0.129. The summed E-state index contributed by atoms with van der Waals surface area (Å²) in [6.45, 7) is 8.63. The molecule has 11 heteroatoms. The molecule has 1 saturated carbocycles.